The summed E-state index contributed by atoms with van der Waals surface area (Å²) in [5, 5.41) is 0. The van der Waals surface area contributed by atoms with Crippen molar-refractivity contribution in [3.05, 3.63) is 35.4 Å². The van der Waals surface area contributed by atoms with Crippen molar-refractivity contribution < 1.29 is 9.53 Å². The van der Waals surface area contributed by atoms with Crippen LogP contribution in [-0.2, 0) is 11.2 Å². The van der Waals surface area contributed by atoms with E-state index in [9.17, 15) is 4.79 Å². The number of carbonyl (C=O) groups is 1. The molecule has 0 bridgehead atoms. The molecular weight excluding hydrogens is 224 g/mol. The Hall–Kier alpha value is -1.15. The SMILES string of the molecule is CC(C)Cc1ccc(C(=O)C2CCOCC2)cc1. The minimum atomic E-state index is 0.162. The second-order valence-electron chi connectivity index (χ2n) is 5.55. The van der Waals surface area contributed by atoms with Gasteiger partial charge in [0, 0.05) is 24.7 Å². The third-order valence-electron chi connectivity index (χ3n) is 3.47. The predicted molar refractivity (Wildman–Crippen MR) is 72.9 cm³/mol. The van der Waals surface area contributed by atoms with Crippen LogP contribution in [0.1, 0.15) is 42.6 Å². The molecule has 1 heterocycles. The third-order valence-corrected chi connectivity index (χ3v) is 3.47. The van der Waals surface area contributed by atoms with Crippen molar-refractivity contribution in [1.29, 1.82) is 0 Å². The van der Waals surface area contributed by atoms with E-state index in [0.29, 0.717) is 5.92 Å². The predicted octanol–water partition coefficient (Wildman–Crippen LogP) is 3.49. The van der Waals surface area contributed by atoms with Crippen LogP contribution < -0.4 is 0 Å². The fourth-order valence-electron chi connectivity index (χ4n) is 2.47. The maximum Gasteiger partial charge on any atom is 0.166 e. The van der Waals surface area contributed by atoms with E-state index in [0.717, 1.165) is 38.0 Å². The van der Waals surface area contributed by atoms with Crippen LogP contribution in [0, 0.1) is 11.8 Å². The van der Waals surface area contributed by atoms with Crippen LogP contribution in [0.4, 0.5) is 0 Å². The lowest BCUT2D eigenvalue weighted by Crippen LogP contribution is -2.23. The van der Waals surface area contributed by atoms with E-state index in [4.69, 9.17) is 4.74 Å². The molecule has 0 saturated carbocycles. The normalized spacial score (nSPS) is 17.1. The van der Waals surface area contributed by atoms with Gasteiger partial charge in [0.15, 0.2) is 5.78 Å². The van der Waals surface area contributed by atoms with Gasteiger partial charge in [0.1, 0.15) is 0 Å². The fraction of sp³-hybridized carbons (Fsp3) is 0.562. The first-order valence-corrected chi connectivity index (χ1v) is 6.87. The standard InChI is InChI=1S/C16H22O2/c1-12(2)11-13-3-5-14(6-4-13)16(17)15-7-9-18-10-8-15/h3-6,12,15H,7-11H2,1-2H3. The fourth-order valence-corrected chi connectivity index (χ4v) is 2.47. The molecule has 1 aromatic carbocycles. The average Bonchev–Trinajstić information content (AvgIpc) is 2.39. The second kappa shape index (κ2) is 6.14. The lowest BCUT2D eigenvalue weighted by Gasteiger charge is -2.20. The Labute approximate surface area is 109 Å². The van der Waals surface area contributed by atoms with Gasteiger partial charge in [0.05, 0.1) is 0 Å². The van der Waals surface area contributed by atoms with E-state index in [2.05, 4.69) is 26.0 Å². The van der Waals surface area contributed by atoms with Crippen molar-refractivity contribution in [3.8, 4) is 0 Å². The van der Waals surface area contributed by atoms with Gasteiger partial charge in [0.25, 0.3) is 0 Å². The van der Waals surface area contributed by atoms with Gasteiger partial charge in [-0.1, -0.05) is 38.1 Å². The zero-order valence-corrected chi connectivity index (χ0v) is 11.3. The highest BCUT2D eigenvalue weighted by molar-refractivity contribution is 5.97. The van der Waals surface area contributed by atoms with Gasteiger partial charge in [-0.05, 0) is 30.7 Å². The van der Waals surface area contributed by atoms with Crippen molar-refractivity contribution in [2.24, 2.45) is 11.8 Å². The van der Waals surface area contributed by atoms with Crippen LogP contribution in [-0.4, -0.2) is 19.0 Å². The molecule has 1 aliphatic heterocycles. The molecule has 2 nitrogen and oxygen atoms in total. The molecule has 2 heteroatoms. The maximum absolute atomic E-state index is 12.3. The third kappa shape index (κ3) is 3.42. The molecule has 1 fully saturated rings. The zero-order chi connectivity index (χ0) is 13.0. The zero-order valence-electron chi connectivity index (χ0n) is 11.3. The van der Waals surface area contributed by atoms with Gasteiger partial charge in [0.2, 0.25) is 0 Å². The maximum atomic E-state index is 12.3. The number of ketones is 1. The van der Waals surface area contributed by atoms with Crippen LogP contribution in [0.2, 0.25) is 0 Å². The van der Waals surface area contributed by atoms with Crippen molar-refractivity contribution in [1.82, 2.24) is 0 Å². The second-order valence-corrected chi connectivity index (χ2v) is 5.55. The molecule has 0 atom stereocenters. The molecule has 98 valence electrons. The highest BCUT2D eigenvalue weighted by atomic mass is 16.5. The van der Waals surface area contributed by atoms with E-state index >= 15 is 0 Å². The number of hydrogen-bond acceptors (Lipinski definition) is 2. The van der Waals surface area contributed by atoms with Gasteiger partial charge in [-0.25, -0.2) is 0 Å². The minimum absolute atomic E-state index is 0.162. The summed E-state index contributed by atoms with van der Waals surface area (Å²) < 4.78 is 5.30. The van der Waals surface area contributed by atoms with Crippen LogP contribution >= 0.6 is 0 Å². The quantitative estimate of drug-likeness (QED) is 0.760. The van der Waals surface area contributed by atoms with Gasteiger partial charge in [-0.3, -0.25) is 4.79 Å². The molecule has 0 amide bonds. The Morgan fingerprint density at radius 2 is 1.83 bits per heavy atom. The summed E-state index contributed by atoms with van der Waals surface area (Å²) in [5.74, 6) is 1.10. The lowest BCUT2D eigenvalue weighted by molar-refractivity contribution is 0.0545. The molecule has 0 radical (unpaired) electrons. The number of ether oxygens (including phenoxy) is 1. The van der Waals surface area contributed by atoms with Gasteiger partial charge in [-0.2, -0.15) is 0 Å². The van der Waals surface area contributed by atoms with Crippen LogP contribution in [0.15, 0.2) is 24.3 Å². The van der Waals surface area contributed by atoms with Crippen LogP contribution in [0.25, 0.3) is 0 Å². The summed E-state index contributed by atoms with van der Waals surface area (Å²) in [6.07, 6.45) is 2.81. The van der Waals surface area contributed by atoms with E-state index in [1.807, 2.05) is 12.1 Å². The molecule has 0 unspecified atom stereocenters. The Kier molecular flexibility index (Phi) is 4.54. The minimum Gasteiger partial charge on any atom is -0.381 e. The van der Waals surface area contributed by atoms with Crippen molar-refractivity contribution in [2.75, 3.05) is 13.2 Å². The van der Waals surface area contributed by atoms with E-state index < -0.39 is 0 Å². The monoisotopic (exact) mass is 246 g/mol. The topological polar surface area (TPSA) is 26.3 Å². The molecule has 1 aromatic rings. The summed E-state index contributed by atoms with van der Waals surface area (Å²) in [6, 6.07) is 8.14. The Bertz CT molecular complexity index is 386. The lowest BCUT2D eigenvalue weighted by atomic mass is 9.90. The van der Waals surface area contributed by atoms with Crippen molar-refractivity contribution >= 4 is 5.78 Å². The number of benzene rings is 1. The molecule has 0 N–H and O–H groups in total. The Morgan fingerprint density at radius 3 is 2.39 bits per heavy atom. The van der Waals surface area contributed by atoms with E-state index in [1.54, 1.807) is 0 Å². The van der Waals surface area contributed by atoms with Crippen LogP contribution in [0.5, 0.6) is 0 Å². The average molecular weight is 246 g/mol. The first kappa shape index (κ1) is 13.3. The molecular formula is C16H22O2. The number of carbonyl (C=O) groups excluding carboxylic acids is 1. The largest absolute Gasteiger partial charge is 0.381 e. The molecule has 1 aliphatic rings. The number of rotatable bonds is 4. The number of hydrogen-bond donors (Lipinski definition) is 0. The summed E-state index contributed by atoms with van der Waals surface area (Å²) in [6.45, 7) is 5.87. The molecule has 2 rings (SSSR count). The molecule has 18 heavy (non-hydrogen) atoms. The molecule has 1 saturated heterocycles. The van der Waals surface area contributed by atoms with Crippen molar-refractivity contribution in [3.63, 3.8) is 0 Å². The van der Waals surface area contributed by atoms with E-state index in [-0.39, 0.29) is 11.7 Å². The summed E-state index contributed by atoms with van der Waals surface area (Å²) in [4.78, 5) is 12.3. The van der Waals surface area contributed by atoms with Crippen molar-refractivity contribution in [2.45, 2.75) is 33.1 Å². The molecule has 0 aliphatic carbocycles. The molecule has 0 spiro atoms. The Morgan fingerprint density at radius 1 is 1.22 bits per heavy atom. The summed E-state index contributed by atoms with van der Waals surface area (Å²) in [5.41, 5.74) is 2.17. The smallest absolute Gasteiger partial charge is 0.166 e. The first-order valence-electron chi connectivity index (χ1n) is 6.87. The Balaban J connectivity index is 2.02. The highest BCUT2D eigenvalue weighted by Crippen LogP contribution is 2.20. The van der Waals surface area contributed by atoms with Crippen LogP contribution in [0.3, 0.4) is 0 Å². The summed E-state index contributed by atoms with van der Waals surface area (Å²) >= 11 is 0. The van der Waals surface area contributed by atoms with Gasteiger partial charge in [-0.15, -0.1) is 0 Å². The number of Topliss-reactive ketones (excluding diaryl/α,β-unsaturated/α-hetero) is 1. The van der Waals surface area contributed by atoms with E-state index in [1.165, 1.54) is 5.56 Å². The van der Waals surface area contributed by atoms with Gasteiger partial charge >= 0.3 is 0 Å². The molecule has 0 aromatic heterocycles. The highest BCUT2D eigenvalue weighted by Gasteiger charge is 2.22. The van der Waals surface area contributed by atoms with Gasteiger partial charge < -0.3 is 4.74 Å². The summed E-state index contributed by atoms with van der Waals surface area (Å²) in [7, 11) is 0. The first-order chi connectivity index (χ1) is 8.66.